The average molecular weight is 314 g/mol. The third kappa shape index (κ3) is 4.11. The van der Waals surface area contributed by atoms with Crippen LogP contribution in [-0.4, -0.2) is 11.1 Å². The van der Waals surface area contributed by atoms with Gasteiger partial charge in [0.1, 0.15) is 18.1 Å². The van der Waals surface area contributed by atoms with E-state index in [9.17, 15) is 9.90 Å². The summed E-state index contributed by atoms with van der Waals surface area (Å²) in [7, 11) is 0. The number of aliphatic hydroxyl groups is 1. The molecule has 0 saturated heterocycles. The van der Waals surface area contributed by atoms with Gasteiger partial charge < -0.3 is 14.6 Å². The Morgan fingerprint density at radius 3 is 2.39 bits per heavy atom. The third-order valence-electron chi connectivity index (χ3n) is 3.82. The van der Waals surface area contributed by atoms with Crippen LogP contribution in [0.15, 0.2) is 30.3 Å². The van der Waals surface area contributed by atoms with Crippen molar-refractivity contribution >= 4 is 5.97 Å². The maximum absolute atomic E-state index is 11.2. The fraction of sp³-hybridized carbons (Fsp3) is 0.316. The fourth-order valence-electron chi connectivity index (χ4n) is 2.41. The Labute approximate surface area is 136 Å². The monoisotopic (exact) mass is 314 g/mol. The Morgan fingerprint density at radius 1 is 1.04 bits per heavy atom. The Hall–Kier alpha value is -2.33. The summed E-state index contributed by atoms with van der Waals surface area (Å²) in [4.78, 5) is 11.2. The number of benzene rings is 2. The molecule has 4 nitrogen and oxygen atoms in total. The zero-order valence-corrected chi connectivity index (χ0v) is 14.0. The summed E-state index contributed by atoms with van der Waals surface area (Å²) in [5.74, 6) is 0.809. The smallest absolute Gasteiger partial charge is 0.308 e. The number of esters is 1. The molecule has 0 saturated carbocycles. The minimum atomic E-state index is -0.399. The van der Waals surface area contributed by atoms with Gasteiger partial charge >= 0.3 is 5.97 Å². The number of carbonyl (C=O) groups is 1. The maximum atomic E-state index is 11.2. The first-order valence-electron chi connectivity index (χ1n) is 7.53. The van der Waals surface area contributed by atoms with Crippen molar-refractivity contribution in [2.45, 2.75) is 40.9 Å². The van der Waals surface area contributed by atoms with Crippen molar-refractivity contribution in [2.75, 3.05) is 0 Å². The predicted octanol–water partition coefficient (Wildman–Crippen LogP) is 3.61. The van der Waals surface area contributed by atoms with E-state index in [0.717, 1.165) is 16.9 Å². The molecule has 23 heavy (non-hydrogen) atoms. The van der Waals surface area contributed by atoms with Crippen LogP contribution in [0.25, 0.3) is 0 Å². The summed E-state index contributed by atoms with van der Waals surface area (Å²) in [6, 6.07) is 9.31. The molecule has 0 spiro atoms. The second-order valence-electron chi connectivity index (χ2n) is 5.64. The van der Waals surface area contributed by atoms with Crippen molar-refractivity contribution in [3.63, 3.8) is 0 Å². The maximum Gasteiger partial charge on any atom is 0.308 e. The molecule has 0 aliphatic carbocycles. The molecule has 0 heterocycles. The first kappa shape index (κ1) is 17.0. The first-order chi connectivity index (χ1) is 10.9. The zero-order chi connectivity index (χ0) is 17.0. The van der Waals surface area contributed by atoms with E-state index in [-0.39, 0.29) is 13.2 Å². The largest absolute Gasteiger partial charge is 0.488 e. The quantitative estimate of drug-likeness (QED) is 0.676. The highest BCUT2D eigenvalue weighted by molar-refractivity contribution is 5.70. The van der Waals surface area contributed by atoms with Gasteiger partial charge in [-0.2, -0.15) is 0 Å². The number of rotatable bonds is 5. The van der Waals surface area contributed by atoms with E-state index in [1.807, 2.05) is 19.9 Å². The molecular formula is C19H22O4. The van der Waals surface area contributed by atoms with Gasteiger partial charge in [-0.15, -0.1) is 0 Å². The molecule has 0 amide bonds. The lowest BCUT2D eigenvalue weighted by molar-refractivity contribution is -0.131. The van der Waals surface area contributed by atoms with Gasteiger partial charge in [0.2, 0.25) is 0 Å². The van der Waals surface area contributed by atoms with Crippen LogP contribution >= 0.6 is 0 Å². The molecule has 0 aromatic heterocycles. The topological polar surface area (TPSA) is 55.8 Å². The van der Waals surface area contributed by atoms with E-state index in [4.69, 9.17) is 9.47 Å². The number of aryl methyl sites for hydroxylation is 3. The molecule has 2 aromatic rings. The van der Waals surface area contributed by atoms with Gasteiger partial charge in [-0.25, -0.2) is 0 Å². The average Bonchev–Trinajstić information content (AvgIpc) is 2.49. The SMILES string of the molecule is CC(=O)Oc1cccc(CO)c1COc1cc(C)c(C)cc1C. The summed E-state index contributed by atoms with van der Waals surface area (Å²) >= 11 is 0. The predicted molar refractivity (Wildman–Crippen MR) is 88.7 cm³/mol. The Balaban J connectivity index is 2.29. The molecule has 1 N–H and O–H groups in total. The highest BCUT2D eigenvalue weighted by atomic mass is 16.5. The van der Waals surface area contributed by atoms with Crippen LogP contribution in [0.5, 0.6) is 11.5 Å². The van der Waals surface area contributed by atoms with E-state index in [2.05, 4.69) is 13.0 Å². The lowest BCUT2D eigenvalue weighted by Gasteiger charge is -2.16. The summed E-state index contributed by atoms with van der Waals surface area (Å²) in [6.45, 7) is 7.53. The molecular weight excluding hydrogens is 292 g/mol. The summed E-state index contributed by atoms with van der Waals surface area (Å²) in [5, 5.41) is 9.51. The molecule has 122 valence electrons. The third-order valence-corrected chi connectivity index (χ3v) is 3.82. The van der Waals surface area contributed by atoms with Crippen molar-refractivity contribution in [1.29, 1.82) is 0 Å². The molecule has 0 bridgehead atoms. The van der Waals surface area contributed by atoms with Crippen LogP contribution in [-0.2, 0) is 18.0 Å². The second-order valence-corrected chi connectivity index (χ2v) is 5.64. The van der Waals surface area contributed by atoms with Crippen LogP contribution in [0, 0.1) is 20.8 Å². The van der Waals surface area contributed by atoms with Gasteiger partial charge in [0.25, 0.3) is 0 Å². The lowest BCUT2D eigenvalue weighted by Crippen LogP contribution is -2.08. The van der Waals surface area contributed by atoms with Crippen molar-refractivity contribution in [2.24, 2.45) is 0 Å². The van der Waals surface area contributed by atoms with Crippen LogP contribution in [0.3, 0.4) is 0 Å². The van der Waals surface area contributed by atoms with E-state index < -0.39 is 5.97 Å². The van der Waals surface area contributed by atoms with Gasteiger partial charge in [-0.1, -0.05) is 18.2 Å². The number of hydrogen-bond acceptors (Lipinski definition) is 4. The molecule has 0 atom stereocenters. The van der Waals surface area contributed by atoms with E-state index in [1.165, 1.54) is 12.5 Å². The molecule has 2 aromatic carbocycles. The van der Waals surface area contributed by atoms with E-state index in [0.29, 0.717) is 16.9 Å². The van der Waals surface area contributed by atoms with Gasteiger partial charge in [-0.05, 0) is 55.2 Å². The molecule has 0 fully saturated rings. The Bertz CT molecular complexity index is 720. The second kappa shape index (κ2) is 7.29. The fourth-order valence-corrected chi connectivity index (χ4v) is 2.41. The van der Waals surface area contributed by atoms with E-state index in [1.54, 1.807) is 18.2 Å². The van der Waals surface area contributed by atoms with Crippen LogP contribution in [0.2, 0.25) is 0 Å². The molecule has 0 aliphatic heterocycles. The molecule has 4 heteroatoms. The first-order valence-corrected chi connectivity index (χ1v) is 7.53. The lowest BCUT2D eigenvalue weighted by atomic mass is 10.1. The van der Waals surface area contributed by atoms with Crippen molar-refractivity contribution in [1.82, 2.24) is 0 Å². The number of aliphatic hydroxyl groups excluding tert-OH is 1. The van der Waals surface area contributed by atoms with Gasteiger partial charge in [0.05, 0.1) is 6.61 Å². The Morgan fingerprint density at radius 2 is 1.74 bits per heavy atom. The molecule has 0 radical (unpaired) electrons. The Kier molecular flexibility index (Phi) is 5.40. The summed E-state index contributed by atoms with van der Waals surface area (Å²) < 4.78 is 11.1. The van der Waals surface area contributed by atoms with Crippen LogP contribution in [0.4, 0.5) is 0 Å². The summed E-state index contributed by atoms with van der Waals surface area (Å²) in [5.41, 5.74) is 4.78. The molecule has 0 aliphatic rings. The van der Waals surface area contributed by atoms with Crippen LogP contribution in [0.1, 0.15) is 34.7 Å². The van der Waals surface area contributed by atoms with Crippen LogP contribution < -0.4 is 9.47 Å². The number of hydrogen-bond donors (Lipinski definition) is 1. The number of ether oxygens (including phenoxy) is 2. The van der Waals surface area contributed by atoms with E-state index >= 15 is 0 Å². The molecule has 0 unspecified atom stereocenters. The number of carbonyl (C=O) groups excluding carboxylic acids is 1. The minimum Gasteiger partial charge on any atom is -0.488 e. The standard InChI is InChI=1S/C19H22O4/c1-12-8-14(3)19(9-13(12)2)22-11-17-16(10-20)6-5-7-18(17)23-15(4)21/h5-9,20H,10-11H2,1-4H3. The zero-order valence-electron chi connectivity index (χ0n) is 14.0. The molecule has 2 rings (SSSR count). The minimum absolute atomic E-state index is 0.139. The van der Waals surface area contributed by atoms with Crippen molar-refractivity contribution in [3.05, 3.63) is 58.1 Å². The van der Waals surface area contributed by atoms with Crippen molar-refractivity contribution < 1.29 is 19.4 Å². The normalized spacial score (nSPS) is 10.5. The van der Waals surface area contributed by atoms with Crippen molar-refractivity contribution in [3.8, 4) is 11.5 Å². The highest BCUT2D eigenvalue weighted by Crippen LogP contribution is 2.27. The van der Waals surface area contributed by atoms with Gasteiger partial charge in [-0.3, -0.25) is 4.79 Å². The highest BCUT2D eigenvalue weighted by Gasteiger charge is 2.13. The van der Waals surface area contributed by atoms with Gasteiger partial charge in [0, 0.05) is 12.5 Å². The summed E-state index contributed by atoms with van der Waals surface area (Å²) in [6.07, 6.45) is 0. The van der Waals surface area contributed by atoms with Gasteiger partial charge in [0.15, 0.2) is 0 Å².